The van der Waals surface area contributed by atoms with Crippen molar-refractivity contribution in [2.75, 3.05) is 17.7 Å². The average Bonchev–Trinajstić information content (AvgIpc) is 3.48. The first-order chi connectivity index (χ1) is 19.6. The van der Waals surface area contributed by atoms with Crippen LogP contribution in [0.3, 0.4) is 0 Å². The summed E-state index contributed by atoms with van der Waals surface area (Å²) >= 11 is 0. The van der Waals surface area contributed by atoms with Crippen LogP contribution in [0, 0.1) is 5.82 Å². The summed E-state index contributed by atoms with van der Waals surface area (Å²) in [5, 5.41) is 21.8. The zero-order valence-electron chi connectivity index (χ0n) is 22.9. The van der Waals surface area contributed by atoms with Gasteiger partial charge in [-0.05, 0) is 53.8 Å². The fourth-order valence-electron chi connectivity index (χ4n) is 4.47. The van der Waals surface area contributed by atoms with Gasteiger partial charge in [-0.3, -0.25) is 9.78 Å². The van der Waals surface area contributed by atoms with Crippen LogP contribution in [0.15, 0.2) is 61.1 Å². The van der Waals surface area contributed by atoms with Crippen LogP contribution < -0.4 is 20.7 Å². The van der Waals surface area contributed by atoms with Crippen LogP contribution >= 0.6 is 0 Å². The molecular weight excluding hydrogens is 531 g/mol. The summed E-state index contributed by atoms with van der Waals surface area (Å²) in [5.74, 6) is -1.99. The molecule has 0 aliphatic carbocycles. The van der Waals surface area contributed by atoms with Crippen molar-refractivity contribution in [1.29, 1.82) is 0 Å². The van der Waals surface area contributed by atoms with E-state index in [9.17, 15) is 23.9 Å². The number of nitrogens with one attached hydrogen (secondary N) is 3. The van der Waals surface area contributed by atoms with Gasteiger partial charge >= 0.3 is 12.0 Å². The Balaban J connectivity index is 1.61. The van der Waals surface area contributed by atoms with Gasteiger partial charge in [0, 0.05) is 37.8 Å². The third kappa shape index (κ3) is 6.32. The maximum Gasteiger partial charge on any atom is 0.336 e. The summed E-state index contributed by atoms with van der Waals surface area (Å²) in [6, 6.07) is 9.10. The number of hydrogen-bond donors (Lipinski definition) is 4. The molecule has 2 heterocycles. The number of ether oxygens (including phenoxy) is 1. The van der Waals surface area contributed by atoms with Crippen LogP contribution in [0.5, 0.6) is 11.5 Å². The average molecular weight is 561 g/mol. The van der Waals surface area contributed by atoms with Gasteiger partial charge in [0.1, 0.15) is 23.0 Å². The fourth-order valence-corrected chi connectivity index (χ4v) is 4.47. The molecule has 0 fully saturated rings. The molecule has 0 atom stereocenters. The van der Waals surface area contributed by atoms with Crippen molar-refractivity contribution in [2.24, 2.45) is 0 Å². The highest BCUT2D eigenvalue weighted by Gasteiger charge is 2.25. The van der Waals surface area contributed by atoms with Crippen LogP contribution in [-0.4, -0.2) is 44.8 Å². The number of carboxylic acid groups (broad SMARTS) is 1. The summed E-state index contributed by atoms with van der Waals surface area (Å²) in [6.45, 7) is 5.73. The Kier molecular flexibility index (Phi) is 8.61. The van der Waals surface area contributed by atoms with Crippen molar-refractivity contribution in [3.8, 4) is 17.2 Å². The molecule has 11 nitrogen and oxygen atoms in total. The summed E-state index contributed by atoms with van der Waals surface area (Å²) < 4.78 is 22.2. The molecule has 0 saturated carbocycles. The van der Waals surface area contributed by atoms with Crippen molar-refractivity contribution in [1.82, 2.24) is 20.1 Å². The Bertz CT molecular complexity index is 1600. The minimum Gasteiger partial charge on any atom is -0.478 e. The molecule has 0 bridgehead atoms. The van der Waals surface area contributed by atoms with E-state index in [4.69, 9.17) is 4.74 Å². The van der Waals surface area contributed by atoms with Gasteiger partial charge in [-0.25, -0.2) is 18.7 Å². The molecule has 2 aromatic carbocycles. The molecule has 0 saturated heterocycles. The van der Waals surface area contributed by atoms with Gasteiger partial charge < -0.3 is 25.8 Å². The zero-order valence-corrected chi connectivity index (χ0v) is 22.9. The Morgan fingerprint density at radius 1 is 1.05 bits per heavy atom. The van der Waals surface area contributed by atoms with Crippen LogP contribution in [0.4, 0.5) is 20.6 Å². The van der Waals surface area contributed by atoms with E-state index in [-0.39, 0.29) is 40.0 Å². The second-order valence-corrected chi connectivity index (χ2v) is 9.26. The lowest BCUT2D eigenvalue weighted by atomic mass is 9.89. The largest absolute Gasteiger partial charge is 0.478 e. The number of nitrogens with zero attached hydrogens (tertiary/aromatic N) is 3. The molecule has 0 radical (unpaired) electrons. The highest BCUT2D eigenvalue weighted by molar-refractivity contribution is 6.03. The molecule has 212 valence electrons. The number of anilines is 2. The predicted molar refractivity (Wildman–Crippen MR) is 151 cm³/mol. The quantitative estimate of drug-likeness (QED) is 0.209. The second kappa shape index (κ2) is 12.3. The lowest BCUT2D eigenvalue weighted by Gasteiger charge is -2.23. The standard InChI is InChI=1S/C29H29FN6O5/c1-5-19-20(28(38)39)15-23(26(25(19)16(2)3)36-12-6-10-33-36)35-29(40)34-22-8-7-17(13-21(22)30)41-18-9-11-32-24(14-18)27(37)31-4/h6-16H,5H2,1-4H3,(H,31,37)(H,38,39)(H2,34,35,40). The first-order valence-corrected chi connectivity index (χ1v) is 12.8. The number of benzene rings is 2. The van der Waals surface area contributed by atoms with E-state index >= 15 is 0 Å². The van der Waals surface area contributed by atoms with Crippen LogP contribution in [0.2, 0.25) is 0 Å². The number of carbonyl (C=O) groups excluding carboxylic acids is 2. The summed E-state index contributed by atoms with van der Waals surface area (Å²) in [6.07, 6.45) is 5.13. The number of urea groups is 1. The predicted octanol–water partition coefficient (Wildman–Crippen LogP) is 5.59. The smallest absolute Gasteiger partial charge is 0.336 e. The van der Waals surface area contributed by atoms with E-state index < -0.39 is 23.7 Å². The lowest BCUT2D eigenvalue weighted by molar-refractivity contribution is 0.0695. The van der Waals surface area contributed by atoms with Crippen LogP contribution in [0.25, 0.3) is 5.69 Å². The normalized spacial score (nSPS) is 10.8. The number of pyridine rings is 1. The molecule has 4 N–H and O–H groups in total. The third-order valence-electron chi connectivity index (χ3n) is 6.21. The molecule has 0 spiro atoms. The Hall–Kier alpha value is -5.26. The number of aromatic nitrogens is 3. The van der Waals surface area contributed by atoms with Crippen molar-refractivity contribution >= 4 is 29.3 Å². The van der Waals surface area contributed by atoms with E-state index in [2.05, 4.69) is 26.0 Å². The number of aromatic carboxylic acids is 1. The van der Waals surface area contributed by atoms with E-state index in [1.807, 2.05) is 20.8 Å². The van der Waals surface area contributed by atoms with Gasteiger partial charge in [-0.15, -0.1) is 0 Å². The van der Waals surface area contributed by atoms with Crippen LogP contribution in [0.1, 0.15) is 58.7 Å². The molecule has 3 amide bonds. The molecule has 0 unspecified atom stereocenters. The molecule has 4 rings (SSSR count). The Labute approximate surface area is 235 Å². The summed E-state index contributed by atoms with van der Waals surface area (Å²) in [5.41, 5.74) is 2.16. The number of halogens is 1. The Morgan fingerprint density at radius 2 is 1.78 bits per heavy atom. The van der Waals surface area contributed by atoms with Crippen molar-refractivity contribution in [2.45, 2.75) is 33.1 Å². The molecular formula is C29H29FN6O5. The van der Waals surface area contributed by atoms with Crippen molar-refractivity contribution in [3.63, 3.8) is 0 Å². The third-order valence-corrected chi connectivity index (χ3v) is 6.21. The zero-order chi connectivity index (χ0) is 29.7. The van der Waals surface area contributed by atoms with Gasteiger partial charge in [0.15, 0.2) is 0 Å². The van der Waals surface area contributed by atoms with E-state index in [0.717, 1.165) is 11.6 Å². The molecule has 0 aliphatic heterocycles. The molecule has 4 aromatic rings. The maximum absolute atomic E-state index is 15.0. The minimum absolute atomic E-state index is 0.0609. The van der Waals surface area contributed by atoms with Gasteiger partial charge in [-0.1, -0.05) is 20.8 Å². The maximum atomic E-state index is 15.0. The van der Waals surface area contributed by atoms with Gasteiger partial charge in [-0.2, -0.15) is 5.10 Å². The summed E-state index contributed by atoms with van der Waals surface area (Å²) in [4.78, 5) is 40.9. The summed E-state index contributed by atoms with van der Waals surface area (Å²) in [7, 11) is 1.47. The second-order valence-electron chi connectivity index (χ2n) is 9.26. The van der Waals surface area contributed by atoms with E-state index in [1.165, 1.54) is 43.6 Å². The number of amides is 3. The molecule has 41 heavy (non-hydrogen) atoms. The highest BCUT2D eigenvalue weighted by atomic mass is 19.1. The number of rotatable bonds is 9. The van der Waals surface area contributed by atoms with Crippen molar-refractivity contribution in [3.05, 3.63) is 89.3 Å². The van der Waals surface area contributed by atoms with E-state index in [0.29, 0.717) is 17.7 Å². The number of carbonyl (C=O) groups is 3. The van der Waals surface area contributed by atoms with E-state index in [1.54, 1.807) is 23.1 Å². The highest BCUT2D eigenvalue weighted by Crippen LogP contribution is 2.36. The van der Waals surface area contributed by atoms with Gasteiger partial charge in [0.25, 0.3) is 5.91 Å². The monoisotopic (exact) mass is 560 g/mol. The number of hydrogen-bond acceptors (Lipinski definition) is 6. The first kappa shape index (κ1) is 28.7. The Morgan fingerprint density at radius 3 is 2.39 bits per heavy atom. The fraction of sp³-hybridized carbons (Fsp3) is 0.207. The number of carboxylic acids is 1. The van der Waals surface area contributed by atoms with Crippen molar-refractivity contribution < 1.29 is 28.6 Å². The molecule has 12 heteroatoms. The van der Waals surface area contributed by atoms with Gasteiger partial charge in [0.05, 0.1) is 22.6 Å². The minimum atomic E-state index is -1.13. The lowest BCUT2D eigenvalue weighted by Crippen LogP contribution is -2.23. The van der Waals surface area contributed by atoms with Gasteiger partial charge in [0.2, 0.25) is 0 Å². The first-order valence-electron chi connectivity index (χ1n) is 12.8. The molecule has 2 aromatic heterocycles. The topological polar surface area (TPSA) is 147 Å². The SMILES string of the molecule is CCc1c(C(=O)O)cc(NC(=O)Nc2ccc(Oc3ccnc(C(=O)NC)c3)cc2F)c(-n2cccn2)c1C(C)C. The molecule has 0 aliphatic rings. The van der Waals surface area contributed by atoms with Crippen LogP contribution in [-0.2, 0) is 6.42 Å².